The number of rotatable bonds is 3. The maximum absolute atomic E-state index is 4.41. The molecule has 1 aromatic carbocycles. The molecular weight excluding hydrogens is 216 g/mol. The van der Waals surface area contributed by atoms with E-state index in [1.165, 1.54) is 21.6 Å². The first kappa shape index (κ1) is 11.3. The molecule has 1 aromatic heterocycles. The molecule has 0 saturated heterocycles. The maximum atomic E-state index is 4.41. The molecular formula is C13H16N2S. The van der Waals surface area contributed by atoms with Crippen LogP contribution < -0.4 is 5.32 Å². The lowest BCUT2D eigenvalue weighted by atomic mass is 10.0. The zero-order valence-corrected chi connectivity index (χ0v) is 10.7. The first-order valence-electron chi connectivity index (χ1n) is 5.37. The molecule has 0 spiro atoms. The molecule has 2 nitrogen and oxygen atoms in total. The molecule has 1 N–H and O–H groups in total. The largest absolute Gasteiger partial charge is 0.314 e. The zero-order chi connectivity index (χ0) is 11.5. The van der Waals surface area contributed by atoms with E-state index in [0.717, 1.165) is 12.2 Å². The highest BCUT2D eigenvalue weighted by Crippen LogP contribution is 2.30. The van der Waals surface area contributed by atoms with E-state index in [0.29, 0.717) is 0 Å². The van der Waals surface area contributed by atoms with Crippen LogP contribution in [0.1, 0.15) is 16.8 Å². The van der Waals surface area contributed by atoms with E-state index in [-0.39, 0.29) is 0 Å². The smallest absolute Gasteiger partial charge is 0.0802 e. The molecule has 0 bridgehead atoms. The highest BCUT2D eigenvalue weighted by atomic mass is 32.1. The monoisotopic (exact) mass is 232 g/mol. The Bertz CT molecular complexity index is 488. The number of hydrogen-bond donors (Lipinski definition) is 1. The van der Waals surface area contributed by atoms with Crippen molar-refractivity contribution in [2.24, 2.45) is 0 Å². The zero-order valence-electron chi connectivity index (χ0n) is 9.87. The number of hydrogen-bond acceptors (Lipinski definition) is 3. The maximum Gasteiger partial charge on any atom is 0.0802 e. The number of thiazole rings is 1. The van der Waals surface area contributed by atoms with Crippen molar-refractivity contribution in [2.75, 3.05) is 7.05 Å². The first-order valence-corrected chi connectivity index (χ1v) is 6.25. The fourth-order valence-corrected chi connectivity index (χ4v) is 2.66. The minimum atomic E-state index is 0.826. The standard InChI is InChI=1S/C13H16N2S/c1-9-4-5-10(2)11(6-9)13-12(7-14-3)15-8-16-13/h4-6,8,14H,7H2,1-3H3. The molecule has 0 saturated carbocycles. The van der Waals surface area contributed by atoms with Crippen LogP contribution in [0.4, 0.5) is 0 Å². The highest BCUT2D eigenvalue weighted by Gasteiger charge is 2.10. The summed E-state index contributed by atoms with van der Waals surface area (Å²) in [6.07, 6.45) is 0. The Kier molecular flexibility index (Phi) is 3.36. The Labute approximate surface area is 100 Å². The van der Waals surface area contributed by atoms with Crippen molar-refractivity contribution >= 4 is 11.3 Å². The van der Waals surface area contributed by atoms with Crippen LogP contribution >= 0.6 is 11.3 Å². The second kappa shape index (κ2) is 4.76. The molecule has 0 amide bonds. The summed E-state index contributed by atoms with van der Waals surface area (Å²) in [7, 11) is 1.95. The second-order valence-corrected chi connectivity index (χ2v) is 4.83. The predicted octanol–water partition coefficient (Wildman–Crippen LogP) is 3.15. The third-order valence-corrected chi connectivity index (χ3v) is 3.53. The molecule has 2 rings (SSSR count). The lowest BCUT2D eigenvalue weighted by Crippen LogP contribution is -2.06. The van der Waals surface area contributed by atoms with Gasteiger partial charge in [-0.15, -0.1) is 11.3 Å². The van der Waals surface area contributed by atoms with Crippen molar-refractivity contribution in [3.63, 3.8) is 0 Å². The van der Waals surface area contributed by atoms with Crippen LogP contribution in [0.2, 0.25) is 0 Å². The Balaban J connectivity index is 2.49. The molecule has 3 heteroatoms. The summed E-state index contributed by atoms with van der Waals surface area (Å²) >= 11 is 1.71. The van der Waals surface area contributed by atoms with E-state index in [1.54, 1.807) is 11.3 Å². The van der Waals surface area contributed by atoms with E-state index in [4.69, 9.17) is 0 Å². The average molecular weight is 232 g/mol. The minimum absolute atomic E-state index is 0.826. The lowest BCUT2D eigenvalue weighted by molar-refractivity contribution is 0.799. The van der Waals surface area contributed by atoms with Crippen molar-refractivity contribution in [1.29, 1.82) is 0 Å². The van der Waals surface area contributed by atoms with E-state index in [2.05, 4.69) is 42.3 Å². The Morgan fingerprint density at radius 1 is 1.31 bits per heavy atom. The number of nitrogens with one attached hydrogen (secondary N) is 1. The molecule has 16 heavy (non-hydrogen) atoms. The van der Waals surface area contributed by atoms with Gasteiger partial charge in [-0.25, -0.2) is 4.98 Å². The summed E-state index contributed by atoms with van der Waals surface area (Å²) < 4.78 is 0. The third kappa shape index (κ3) is 2.15. The summed E-state index contributed by atoms with van der Waals surface area (Å²) in [5.74, 6) is 0. The molecule has 2 aromatic rings. The molecule has 0 aliphatic heterocycles. The van der Waals surface area contributed by atoms with Crippen molar-refractivity contribution in [3.8, 4) is 10.4 Å². The van der Waals surface area contributed by atoms with Gasteiger partial charge in [0.15, 0.2) is 0 Å². The fraction of sp³-hybridized carbons (Fsp3) is 0.308. The van der Waals surface area contributed by atoms with E-state index in [1.807, 2.05) is 12.6 Å². The molecule has 0 radical (unpaired) electrons. The minimum Gasteiger partial charge on any atom is -0.314 e. The van der Waals surface area contributed by atoms with Crippen LogP contribution in [0.25, 0.3) is 10.4 Å². The fourth-order valence-electron chi connectivity index (χ4n) is 1.76. The van der Waals surface area contributed by atoms with Gasteiger partial charge in [-0.05, 0) is 32.0 Å². The van der Waals surface area contributed by atoms with Gasteiger partial charge in [-0.1, -0.05) is 23.8 Å². The van der Waals surface area contributed by atoms with E-state index in [9.17, 15) is 0 Å². The van der Waals surface area contributed by atoms with Crippen LogP contribution in [0, 0.1) is 13.8 Å². The molecule has 0 fully saturated rings. The van der Waals surface area contributed by atoms with Gasteiger partial charge in [0.2, 0.25) is 0 Å². The number of aromatic nitrogens is 1. The van der Waals surface area contributed by atoms with Gasteiger partial charge in [-0.3, -0.25) is 0 Å². The Morgan fingerprint density at radius 3 is 2.88 bits per heavy atom. The summed E-state index contributed by atoms with van der Waals surface area (Å²) in [5, 5.41) is 3.16. The second-order valence-electron chi connectivity index (χ2n) is 3.98. The van der Waals surface area contributed by atoms with Gasteiger partial charge in [0.05, 0.1) is 16.1 Å². The quantitative estimate of drug-likeness (QED) is 0.879. The Morgan fingerprint density at radius 2 is 2.12 bits per heavy atom. The van der Waals surface area contributed by atoms with Crippen LogP contribution in [-0.2, 0) is 6.54 Å². The van der Waals surface area contributed by atoms with Crippen molar-refractivity contribution in [1.82, 2.24) is 10.3 Å². The van der Waals surface area contributed by atoms with Crippen molar-refractivity contribution in [2.45, 2.75) is 20.4 Å². The molecule has 84 valence electrons. The van der Waals surface area contributed by atoms with Crippen LogP contribution in [0.15, 0.2) is 23.7 Å². The molecule has 0 unspecified atom stereocenters. The van der Waals surface area contributed by atoms with Crippen LogP contribution in [-0.4, -0.2) is 12.0 Å². The average Bonchev–Trinajstić information content (AvgIpc) is 2.70. The predicted molar refractivity (Wildman–Crippen MR) is 69.8 cm³/mol. The van der Waals surface area contributed by atoms with Gasteiger partial charge < -0.3 is 5.32 Å². The van der Waals surface area contributed by atoms with Gasteiger partial charge in [0.25, 0.3) is 0 Å². The number of benzene rings is 1. The topological polar surface area (TPSA) is 24.9 Å². The SMILES string of the molecule is CNCc1ncsc1-c1cc(C)ccc1C. The lowest BCUT2D eigenvalue weighted by Gasteiger charge is -2.07. The number of nitrogens with zero attached hydrogens (tertiary/aromatic N) is 1. The van der Waals surface area contributed by atoms with Gasteiger partial charge in [0.1, 0.15) is 0 Å². The van der Waals surface area contributed by atoms with Crippen molar-refractivity contribution in [3.05, 3.63) is 40.5 Å². The summed E-state index contributed by atoms with van der Waals surface area (Å²) in [5.41, 5.74) is 6.98. The normalized spacial score (nSPS) is 10.7. The third-order valence-electron chi connectivity index (χ3n) is 2.62. The van der Waals surface area contributed by atoms with E-state index >= 15 is 0 Å². The number of aryl methyl sites for hydroxylation is 2. The van der Waals surface area contributed by atoms with Gasteiger partial charge in [-0.2, -0.15) is 0 Å². The Hall–Kier alpha value is -1.19. The van der Waals surface area contributed by atoms with E-state index < -0.39 is 0 Å². The van der Waals surface area contributed by atoms with Crippen molar-refractivity contribution < 1.29 is 0 Å². The summed E-state index contributed by atoms with van der Waals surface area (Å²) in [6, 6.07) is 6.56. The van der Waals surface area contributed by atoms with Crippen LogP contribution in [0.3, 0.4) is 0 Å². The van der Waals surface area contributed by atoms with Gasteiger partial charge in [0, 0.05) is 6.54 Å². The first-order chi connectivity index (χ1) is 7.72. The molecule has 0 aliphatic carbocycles. The molecule has 0 aliphatic rings. The summed E-state index contributed by atoms with van der Waals surface area (Å²) in [6.45, 7) is 5.10. The van der Waals surface area contributed by atoms with Gasteiger partial charge >= 0.3 is 0 Å². The summed E-state index contributed by atoms with van der Waals surface area (Å²) in [4.78, 5) is 5.70. The molecule has 0 atom stereocenters. The van der Waals surface area contributed by atoms with Crippen LogP contribution in [0.5, 0.6) is 0 Å². The molecule has 1 heterocycles. The highest BCUT2D eigenvalue weighted by molar-refractivity contribution is 7.13.